The van der Waals surface area contributed by atoms with Gasteiger partial charge in [-0.3, -0.25) is 4.39 Å². The molecule has 0 amide bonds. The van der Waals surface area contributed by atoms with Crippen LogP contribution in [0.5, 0.6) is 0 Å². The molecule has 0 aliphatic heterocycles. The molecule has 0 aliphatic rings. The second kappa shape index (κ2) is 5.80. The van der Waals surface area contributed by atoms with Crippen LogP contribution in [-0.2, 0) is 0 Å². The highest BCUT2D eigenvalue weighted by atomic mass is 19.1. The Balaban J connectivity index is 3.33. The fraction of sp³-hybridized carbons (Fsp3) is 0.750. The lowest BCUT2D eigenvalue weighted by Crippen LogP contribution is -1.82. The average molecular weight is 130 g/mol. The van der Waals surface area contributed by atoms with Crippen LogP contribution in [0.3, 0.4) is 0 Å². The Kier molecular flexibility index (Phi) is 5.59. The van der Waals surface area contributed by atoms with Gasteiger partial charge in [0.2, 0.25) is 0 Å². The maximum Gasteiger partial charge on any atom is 0.0897 e. The van der Waals surface area contributed by atoms with Crippen LogP contribution >= 0.6 is 0 Å². The summed E-state index contributed by atoms with van der Waals surface area (Å²) < 4.78 is 11.6. The second-order valence-corrected chi connectivity index (χ2v) is 2.09. The highest BCUT2D eigenvalue weighted by molar-refractivity contribution is 4.98. The zero-order chi connectivity index (χ0) is 7.11. The quantitative estimate of drug-likeness (QED) is 0.513. The van der Waals surface area contributed by atoms with Crippen LogP contribution in [0.25, 0.3) is 0 Å². The molecule has 9 heavy (non-hydrogen) atoms. The molecule has 0 N–H and O–H groups in total. The third-order valence-electron chi connectivity index (χ3n) is 1.49. The number of alkyl halides is 1. The number of allylic oxidation sites excluding steroid dienone is 2. The maximum atomic E-state index is 11.6. The van der Waals surface area contributed by atoms with Crippen molar-refractivity contribution >= 4 is 0 Å². The van der Waals surface area contributed by atoms with Crippen LogP contribution in [0.2, 0.25) is 0 Å². The predicted molar refractivity (Wildman–Crippen MR) is 39.3 cm³/mol. The van der Waals surface area contributed by atoms with Crippen molar-refractivity contribution in [3.8, 4) is 0 Å². The summed E-state index contributed by atoms with van der Waals surface area (Å²) in [5.74, 6) is 0. The summed E-state index contributed by atoms with van der Waals surface area (Å²) in [6.07, 6.45) is 4.77. The average Bonchev–Trinajstić information content (AvgIpc) is 1.91. The highest BCUT2D eigenvalue weighted by Crippen LogP contribution is 2.08. The third-order valence-corrected chi connectivity index (χ3v) is 1.49. The van der Waals surface area contributed by atoms with Gasteiger partial charge in [-0.25, -0.2) is 0 Å². The van der Waals surface area contributed by atoms with E-state index in [4.69, 9.17) is 0 Å². The molecular weight excluding hydrogens is 115 g/mol. The van der Waals surface area contributed by atoms with Gasteiger partial charge < -0.3 is 0 Å². The molecule has 0 saturated carbocycles. The lowest BCUT2D eigenvalue weighted by molar-refractivity contribution is 0.471. The van der Waals surface area contributed by atoms with Crippen molar-refractivity contribution in [2.45, 2.75) is 33.1 Å². The van der Waals surface area contributed by atoms with Crippen molar-refractivity contribution in [1.29, 1.82) is 0 Å². The predicted octanol–water partition coefficient (Wildman–Crippen LogP) is 3.09. The van der Waals surface area contributed by atoms with Crippen molar-refractivity contribution in [2.75, 3.05) is 6.67 Å². The first-order chi connectivity index (χ1) is 4.35. The molecule has 0 rings (SSSR count). The Morgan fingerprint density at radius 3 is 2.56 bits per heavy atom. The SMILES string of the molecule is C/C=C(/CC)CCCF. The van der Waals surface area contributed by atoms with E-state index in [-0.39, 0.29) is 6.67 Å². The van der Waals surface area contributed by atoms with E-state index in [1.807, 2.05) is 6.92 Å². The van der Waals surface area contributed by atoms with E-state index in [0.717, 1.165) is 12.8 Å². The van der Waals surface area contributed by atoms with Gasteiger partial charge in [0.25, 0.3) is 0 Å². The standard InChI is InChI=1S/C8H15F/c1-3-8(4-2)6-5-7-9/h3H,4-7H2,1-2H3/b8-3-. The Bertz CT molecular complexity index is 84.6. The Morgan fingerprint density at radius 2 is 2.22 bits per heavy atom. The van der Waals surface area contributed by atoms with Crippen molar-refractivity contribution in [3.05, 3.63) is 11.6 Å². The van der Waals surface area contributed by atoms with Crippen LogP contribution in [0.15, 0.2) is 11.6 Å². The number of hydrogen-bond donors (Lipinski definition) is 0. The second-order valence-electron chi connectivity index (χ2n) is 2.09. The molecule has 0 aliphatic carbocycles. The fourth-order valence-corrected chi connectivity index (χ4v) is 0.819. The molecule has 0 fully saturated rings. The summed E-state index contributed by atoms with van der Waals surface area (Å²) in [6, 6.07) is 0. The monoisotopic (exact) mass is 130 g/mol. The zero-order valence-electron chi connectivity index (χ0n) is 6.28. The van der Waals surface area contributed by atoms with Gasteiger partial charge >= 0.3 is 0 Å². The van der Waals surface area contributed by atoms with E-state index in [2.05, 4.69) is 13.0 Å². The largest absolute Gasteiger partial charge is 0.251 e. The summed E-state index contributed by atoms with van der Waals surface area (Å²) in [7, 11) is 0. The molecule has 0 unspecified atom stereocenters. The minimum Gasteiger partial charge on any atom is -0.251 e. The van der Waals surface area contributed by atoms with Gasteiger partial charge in [-0.1, -0.05) is 18.6 Å². The van der Waals surface area contributed by atoms with Crippen LogP contribution in [-0.4, -0.2) is 6.67 Å². The fourth-order valence-electron chi connectivity index (χ4n) is 0.819. The molecule has 1 heteroatoms. The molecule has 0 heterocycles. The molecule has 0 saturated heterocycles. The maximum absolute atomic E-state index is 11.6. The molecule has 0 radical (unpaired) electrons. The molecule has 0 aromatic carbocycles. The summed E-state index contributed by atoms with van der Waals surface area (Å²) in [5, 5.41) is 0. The van der Waals surface area contributed by atoms with Crippen LogP contribution in [0.4, 0.5) is 4.39 Å². The van der Waals surface area contributed by atoms with Crippen molar-refractivity contribution in [1.82, 2.24) is 0 Å². The van der Waals surface area contributed by atoms with Gasteiger partial charge in [-0.2, -0.15) is 0 Å². The minimum absolute atomic E-state index is 0.183. The smallest absolute Gasteiger partial charge is 0.0897 e. The van der Waals surface area contributed by atoms with Gasteiger partial charge in [-0.05, 0) is 26.2 Å². The number of rotatable bonds is 4. The first kappa shape index (κ1) is 8.67. The van der Waals surface area contributed by atoms with Crippen molar-refractivity contribution in [2.24, 2.45) is 0 Å². The molecule has 0 aromatic rings. The third kappa shape index (κ3) is 4.19. The van der Waals surface area contributed by atoms with Crippen LogP contribution in [0, 0.1) is 0 Å². The summed E-state index contributed by atoms with van der Waals surface area (Å²) in [6.45, 7) is 3.93. The normalized spacial score (nSPS) is 12.1. The zero-order valence-corrected chi connectivity index (χ0v) is 6.28. The molecule has 0 nitrogen and oxygen atoms in total. The van der Waals surface area contributed by atoms with Gasteiger partial charge in [0.1, 0.15) is 0 Å². The van der Waals surface area contributed by atoms with E-state index < -0.39 is 0 Å². The molecule has 0 atom stereocenters. The highest BCUT2D eigenvalue weighted by Gasteiger charge is 1.90. The summed E-state index contributed by atoms with van der Waals surface area (Å²) in [5.41, 5.74) is 1.37. The van der Waals surface area contributed by atoms with Gasteiger partial charge in [-0.15, -0.1) is 0 Å². The van der Waals surface area contributed by atoms with E-state index >= 15 is 0 Å². The molecule has 54 valence electrons. The van der Waals surface area contributed by atoms with E-state index in [1.165, 1.54) is 5.57 Å². The molecule has 0 bridgehead atoms. The van der Waals surface area contributed by atoms with Gasteiger partial charge in [0.05, 0.1) is 6.67 Å². The van der Waals surface area contributed by atoms with Crippen molar-refractivity contribution in [3.63, 3.8) is 0 Å². The molecule has 0 aromatic heterocycles. The van der Waals surface area contributed by atoms with Crippen molar-refractivity contribution < 1.29 is 4.39 Å². The molecular formula is C8H15F. The topological polar surface area (TPSA) is 0 Å². The Morgan fingerprint density at radius 1 is 1.56 bits per heavy atom. The summed E-state index contributed by atoms with van der Waals surface area (Å²) >= 11 is 0. The minimum atomic E-state index is -0.183. The lowest BCUT2D eigenvalue weighted by atomic mass is 10.1. The first-order valence-electron chi connectivity index (χ1n) is 3.55. The van der Waals surface area contributed by atoms with Crippen LogP contribution in [0.1, 0.15) is 33.1 Å². The van der Waals surface area contributed by atoms with E-state index in [1.54, 1.807) is 0 Å². The Hall–Kier alpha value is -0.330. The van der Waals surface area contributed by atoms with Gasteiger partial charge in [0.15, 0.2) is 0 Å². The van der Waals surface area contributed by atoms with Crippen LogP contribution < -0.4 is 0 Å². The number of halogens is 1. The molecule has 0 spiro atoms. The Labute approximate surface area is 56.8 Å². The number of hydrogen-bond acceptors (Lipinski definition) is 0. The van der Waals surface area contributed by atoms with E-state index in [9.17, 15) is 4.39 Å². The summed E-state index contributed by atoms with van der Waals surface area (Å²) in [4.78, 5) is 0. The van der Waals surface area contributed by atoms with E-state index in [0.29, 0.717) is 6.42 Å². The first-order valence-corrected chi connectivity index (χ1v) is 3.55. The van der Waals surface area contributed by atoms with Gasteiger partial charge in [0, 0.05) is 0 Å². The lowest BCUT2D eigenvalue weighted by Gasteiger charge is -1.98.